The van der Waals surface area contributed by atoms with Crippen LogP contribution in [0, 0.1) is 18.3 Å². The van der Waals surface area contributed by atoms with Crippen molar-refractivity contribution in [1.82, 2.24) is 4.98 Å². The molecule has 2 rings (SSSR count). The van der Waals surface area contributed by atoms with Crippen molar-refractivity contribution in [3.05, 3.63) is 58.9 Å². The van der Waals surface area contributed by atoms with Gasteiger partial charge in [0.1, 0.15) is 11.8 Å². The topological polar surface area (TPSA) is 86.0 Å². The summed E-state index contributed by atoms with van der Waals surface area (Å²) >= 11 is 0. The number of nitriles is 1. The van der Waals surface area contributed by atoms with Gasteiger partial charge in [0.2, 0.25) is 0 Å². The highest BCUT2D eigenvalue weighted by molar-refractivity contribution is 6.02. The van der Waals surface area contributed by atoms with Crippen LogP contribution in [0.5, 0.6) is 0 Å². The first-order valence-corrected chi connectivity index (χ1v) is 6.03. The van der Waals surface area contributed by atoms with Gasteiger partial charge in [-0.25, -0.2) is 4.98 Å². The largest absolute Gasteiger partial charge is 0.392 e. The molecule has 100 valence electrons. The second kappa shape index (κ2) is 5.95. The van der Waals surface area contributed by atoms with Crippen molar-refractivity contribution in [2.45, 2.75) is 13.5 Å². The van der Waals surface area contributed by atoms with E-state index >= 15 is 0 Å². The fourth-order valence-corrected chi connectivity index (χ4v) is 1.75. The molecule has 0 bridgehead atoms. The number of aliphatic hydroxyl groups is 1. The number of rotatable bonds is 3. The fraction of sp³-hybridized carbons (Fsp3) is 0.133. The van der Waals surface area contributed by atoms with Gasteiger partial charge in [-0.2, -0.15) is 5.26 Å². The molecule has 0 aliphatic heterocycles. The number of nitrogens with one attached hydrogen (secondary N) is 1. The third kappa shape index (κ3) is 2.99. The van der Waals surface area contributed by atoms with E-state index in [1.54, 1.807) is 37.3 Å². The number of hydrogen-bond donors (Lipinski definition) is 2. The lowest BCUT2D eigenvalue weighted by Crippen LogP contribution is -2.14. The van der Waals surface area contributed by atoms with Crippen LogP contribution in [-0.4, -0.2) is 16.0 Å². The molecule has 2 N–H and O–H groups in total. The zero-order valence-corrected chi connectivity index (χ0v) is 10.9. The van der Waals surface area contributed by atoms with Gasteiger partial charge in [0.05, 0.1) is 17.9 Å². The summed E-state index contributed by atoms with van der Waals surface area (Å²) in [6.45, 7) is 1.60. The zero-order chi connectivity index (χ0) is 14.5. The minimum Gasteiger partial charge on any atom is -0.392 e. The van der Waals surface area contributed by atoms with Gasteiger partial charge < -0.3 is 10.4 Å². The number of aliphatic hydroxyl groups excluding tert-OH is 1. The van der Waals surface area contributed by atoms with E-state index < -0.39 is 0 Å². The molecule has 1 aromatic heterocycles. The summed E-state index contributed by atoms with van der Waals surface area (Å²) < 4.78 is 0. The standard InChI is InChI=1S/C15H13N3O2/c1-10-12(8-16)5-6-14(17-10)15(20)18-13-4-2-3-11(7-13)9-19/h2-7,19H,9H2,1H3,(H,18,20). The van der Waals surface area contributed by atoms with Crippen LogP contribution in [0.2, 0.25) is 0 Å². The Morgan fingerprint density at radius 1 is 1.40 bits per heavy atom. The molecule has 5 nitrogen and oxygen atoms in total. The summed E-state index contributed by atoms with van der Waals surface area (Å²) in [5.41, 5.74) is 2.51. The Hall–Kier alpha value is -2.71. The second-order valence-corrected chi connectivity index (χ2v) is 4.25. The summed E-state index contributed by atoms with van der Waals surface area (Å²) in [6, 6.07) is 12.0. The maximum absolute atomic E-state index is 12.0. The van der Waals surface area contributed by atoms with Crippen LogP contribution in [0.25, 0.3) is 0 Å². The summed E-state index contributed by atoms with van der Waals surface area (Å²) in [4.78, 5) is 16.1. The van der Waals surface area contributed by atoms with Crippen LogP contribution >= 0.6 is 0 Å². The lowest BCUT2D eigenvalue weighted by Gasteiger charge is -2.07. The quantitative estimate of drug-likeness (QED) is 0.890. The van der Waals surface area contributed by atoms with E-state index in [1.807, 2.05) is 6.07 Å². The Morgan fingerprint density at radius 3 is 2.85 bits per heavy atom. The number of aromatic nitrogens is 1. The molecule has 0 saturated heterocycles. The molecular weight excluding hydrogens is 254 g/mol. The van der Waals surface area contributed by atoms with E-state index in [0.29, 0.717) is 22.5 Å². The number of pyridine rings is 1. The molecule has 1 aromatic carbocycles. The van der Waals surface area contributed by atoms with Crippen LogP contribution < -0.4 is 5.32 Å². The Bertz CT molecular complexity index is 690. The molecule has 20 heavy (non-hydrogen) atoms. The molecule has 0 fully saturated rings. The van der Waals surface area contributed by atoms with Crippen molar-refractivity contribution >= 4 is 11.6 Å². The number of carbonyl (C=O) groups is 1. The summed E-state index contributed by atoms with van der Waals surface area (Å²) in [6.07, 6.45) is 0. The number of anilines is 1. The lowest BCUT2D eigenvalue weighted by atomic mass is 10.2. The van der Waals surface area contributed by atoms with Crippen LogP contribution in [0.1, 0.15) is 27.3 Å². The first-order valence-electron chi connectivity index (χ1n) is 6.03. The minimum atomic E-state index is -0.354. The van der Waals surface area contributed by atoms with Crippen LogP contribution in [0.3, 0.4) is 0 Å². The molecule has 5 heteroatoms. The SMILES string of the molecule is Cc1nc(C(=O)Nc2cccc(CO)c2)ccc1C#N. The number of nitrogens with zero attached hydrogens (tertiary/aromatic N) is 2. The van der Waals surface area contributed by atoms with Crippen LogP contribution in [-0.2, 0) is 6.61 Å². The van der Waals surface area contributed by atoms with Gasteiger partial charge in [0.25, 0.3) is 5.91 Å². The molecule has 2 aromatic rings. The van der Waals surface area contributed by atoms with Gasteiger partial charge >= 0.3 is 0 Å². The Kier molecular flexibility index (Phi) is 4.08. The minimum absolute atomic E-state index is 0.0854. The predicted molar refractivity (Wildman–Crippen MR) is 74.0 cm³/mol. The van der Waals surface area contributed by atoms with Crippen molar-refractivity contribution in [2.75, 3.05) is 5.32 Å². The Balaban J connectivity index is 2.19. The van der Waals surface area contributed by atoms with Gasteiger partial charge in [0, 0.05) is 5.69 Å². The Morgan fingerprint density at radius 2 is 2.20 bits per heavy atom. The molecule has 0 aliphatic rings. The molecule has 1 heterocycles. The van der Waals surface area contributed by atoms with Crippen molar-refractivity contribution < 1.29 is 9.90 Å². The summed E-state index contributed by atoms with van der Waals surface area (Å²) in [7, 11) is 0. The van der Waals surface area contributed by atoms with E-state index in [1.165, 1.54) is 6.07 Å². The highest BCUT2D eigenvalue weighted by Gasteiger charge is 2.10. The molecule has 0 radical (unpaired) electrons. The van der Waals surface area contributed by atoms with E-state index in [0.717, 1.165) is 0 Å². The zero-order valence-electron chi connectivity index (χ0n) is 10.9. The molecule has 0 spiro atoms. The van der Waals surface area contributed by atoms with E-state index in [-0.39, 0.29) is 18.2 Å². The summed E-state index contributed by atoms with van der Waals surface area (Å²) in [5.74, 6) is -0.354. The Labute approximate surface area is 116 Å². The highest BCUT2D eigenvalue weighted by Crippen LogP contribution is 2.12. The van der Waals surface area contributed by atoms with Crippen LogP contribution in [0.4, 0.5) is 5.69 Å². The third-order valence-corrected chi connectivity index (χ3v) is 2.81. The molecule has 0 aliphatic carbocycles. The van der Waals surface area contributed by atoms with Gasteiger partial charge in [-0.3, -0.25) is 4.79 Å². The number of benzene rings is 1. The van der Waals surface area contributed by atoms with Crippen molar-refractivity contribution in [3.8, 4) is 6.07 Å². The van der Waals surface area contributed by atoms with E-state index in [4.69, 9.17) is 10.4 Å². The van der Waals surface area contributed by atoms with Gasteiger partial charge in [-0.15, -0.1) is 0 Å². The van der Waals surface area contributed by atoms with Gasteiger partial charge in [-0.1, -0.05) is 12.1 Å². The van der Waals surface area contributed by atoms with E-state index in [9.17, 15) is 4.79 Å². The number of aryl methyl sites for hydroxylation is 1. The number of hydrogen-bond acceptors (Lipinski definition) is 4. The summed E-state index contributed by atoms with van der Waals surface area (Å²) in [5, 5.41) is 20.6. The van der Waals surface area contributed by atoms with E-state index in [2.05, 4.69) is 10.3 Å². The monoisotopic (exact) mass is 267 g/mol. The van der Waals surface area contributed by atoms with Gasteiger partial charge in [0.15, 0.2) is 0 Å². The highest BCUT2D eigenvalue weighted by atomic mass is 16.3. The average molecular weight is 267 g/mol. The molecule has 0 unspecified atom stereocenters. The smallest absolute Gasteiger partial charge is 0.274 e. The maximum Gasteiger partial charge on any atom is 0.274 e. The van der Waals surface area contributed by atoms with Crippen molar-refractivity contribution in [2.24, 2.45) is 0 Å². The normalized spacial score (nSPS) is 9.85. The predicted octanol–water partition coefficient (Wildman–Crippen LogP) is 2.01. The van der Waals surface area contributed by atoms with Crippen molar-refractivity contribution in [3.63, 3.8) is 0 Å². The first kappa shape index (κ1) is 13.7. The second-order valence-electron chi connectivity index (χ2n) is 4.25. The fourth-order valence-electron chi connectivity index (χ4n) is 1.75. The van der Waals surface area contributed by atoms with Gasteiger partial charge in [-0.05, 0) is 36.8 Å². The number of carbonyl (C=O) groups excluding carboxylic acids is 1. The lowest BCUT2D eigenvalue weighted by molar-refractivity contribution is 0.102. The molecular formula is C15H13N3O2. The van der Waals surface area contributed by atoms with Crippen molar-refractivity contribution in [1.29, 1.82) is 5.26 Å². The molecule has 0 saturated carbocycles. The average Bonchev–Trinajstić information content (AvgIpc) is 2.47. The molecule has 1 amide bonds. The third-order valence-electron chi connectivity index (χ3n) is 2.81. The van der Waals surface area contributed by atoms with Crippen LogP contribution in [0.15, 0.2) is 36.4 Å². The molecule has 0 atom stereocenters. The first-order chi connectivity index (χ1) is 9.63. The maximum atomic E-state index is 12.0. The number of amides is 1.